The zero-order valence-electron chi connectivity index (χ0n) is 19.0. The van der Waals surface area contributed by atoms with Crippen molar-refractivity contribution in [2.75, 3.05) is 16.7 Å². The maximum absolute atomic E-state index is 13.1. The number of amides is 1. The molecule has 1 amide bonds. The standard InChI is InChI=1S/C25H23FN4O4S/c1-25(2,16-26)24(31)27-19-11-7-12-20(15-19)30-35(32,33)21-13-6-10-18(14-21)23-29-28-22(34-23)17-8-4-3-5-9-17/h3-15,30H,16H2,1-2H3,(H,27,31). The third-order valence-corrected chi connectivity index (χ3v) is 6.54. The minimum atomic E-state index is -3.98. The van der Waals surface area contributed by atoms with Gasteiger partial charge in [0.1, 0.15) is 6.67 Å². The highest BCUT2D eigenvalue weighted by molar-refractivity contribution is 7.92. The van der Waals surface area contributed by atoms with Crippen molar-refractivity contribution >= 4 is 27.3 Å². The summed E-state index contributed by atoms with van der Waals surface area (Å²) in [6.45, 7) is 2.14. The number of carbonyl (C=O) groups is 1. The fourth-order valence-electron chi connectivity index (χ4n) is 3.07. The molecule has 4 rings (SSSR count). The summed E-state index contributed by atoms with van der Waals surface area (Å²) in [6.07, 6.45) is 0. The summed E-state index contributed by atoms with van der Waals surface area (Å²) in [5, 5.41) is 10.7. The van der Waals surface area contributed by atoms with Crippen LogP contribution in [-0.4, -0.2) is 31.2 Å². The number of nitrogens with one attached hydrogen (secondary N) is 2. The van der Waals surface area contributed by atoms with Crippen LogP contribution in [0.1, 0.15) is 13.8 Å². The molecule has 0 atom stereocenters. The van der Waals surface area contributed by atoms with Gasteiger partial charge in [-0.25, -0.2) is 12.8 Å². The summed E-state index contributed by atoms with van der Waals surface area (Å²) < 4.78 is 47.4. The molecule has 0 aliphatic carbocycles. The Morgan fingerprint density at radius 1 is 0.886 bits per heavy atom. The van der Waals surface area contributed by atoms with Crippen LogP contribution in [-0.2, 0) is 14.8 Å². The Balaban J connectivity index is 1.54. The van der Waals surface area contributed by atoms with E-state index in [0.717, 1.165) is 5.56 Å². The van der Waals surface area contributed by atoms with Gasteiger partial charge >= 0.3 is 0 Å². The van der Waals surface area contributed by atoms with Gasteiger partial charge in [-0.15, -0.1) is 10.2 Å². The number of aromatic nitrogens is 2. The van der Waals surface area contributed by atoms with Gasteiger partial charge in [-0.05, 0) is 62.4 Å². The lowest BCUT2D eigenvalue weighted by Crippen LogP contribution is -2.32. The molecule has 1 heterocycles. The lowest BCUT2D eigenvalue weighted by molar-refractivity contribution is -0.124. The predicted molar refractivity (Wildman–Crippen MR) is 131 cm³/mol. The van der Waals surface area contributed by atoms with E-state index in [1.54, 1.807) is 30.3 Å². The minimum Gasteiger partial charge on any atom is -0.416 e. The number of rotatable bonds is 8. The topological polar surface area (TPSA) is 114 Å². The monoisotopic (exact) mass is 494 g/mol. The quantitative estimate of drug-likeness (QED) is 0.351. The van der Waals surface area contributed by atoms with Gasteiger partial charge in [-0.2, -0.15) is 0 Å². The number of hydrogen-bond donors (Lipinski definition) is 2. The molecule has 1 aromatic heterocycles. The fraction of sp³-hybridized carbons (Fsp3) is 0.160. The Bertz CT molecular complexity index is 1450. The van der Waals surface area contributed by atoms with Crippen molar-refractivity contribution in [3.63, 3.8) is 0 Å². The summed E-state index contributed by atoms with van der Waals surface area (Å²) in [5.41, 5.74) is 0.557. The first-order valence-electron chi connectivity index (χ1n) is 10.7. The molecule has 3 aromatic carbocycles. The third-order valence-electron chi connectivity index (χ3n) is 5.16. The highest BCUT2D eigenvalue weighted by atomic mass is 32.2. The molecule has 10 heteroatoms. The van der Waals surface area contributed by atoms with E-state index in [1.807, 2.05) is 30.3 Å². The normalized spacial score (nSPS) is 11.7. The van der Waals surface area contributed by atoms with Crippen molar-refractivity contribution in [3.05, 3.63) is 78.9 Å². The van der Waals surface area contributed by atoms with Crippen LogP contribution in [0.4, 0.5) is 15.8 Å². The molecular formula is C25H23FN4O4S. The lowest BCUT2D eigenvalue weighted by atomic mass is 9.94. The van der Waals surface area contributed by atoms with Crippen molar-refractivity contribution < 1.29 is 22.0 Å². The second kappa shape index (κ2) is 9.67. The van der Waals surface area contributed by atoms with Crippen molar-refractivity contribution in [1.82, 2.24) is 10.2 Å². The Morgan fingerprint density at radius 3 is 2.23 bits per heavy atom. The Labute approximate surface area is 202 Å². The molecule has 4 aromatic rings. The second-order valence-electron chi connectivity index (χ2n) is 8.46. The number of benzene rings is 3. The lowest BCUT2D eigenvalue weighted by Gasteiger charge is -2.19. The molecule has 0 unspecified atom stereocenters. The van der Waals surface area contributed by atoms with Gasteiger partial charge in [0.2, 0.25) is 17.7 Å². The SMILES string of the molecule is CC(C)(CF)C(=O)Nc1cccc(NS(=O)(=O)c2cccc(-c3nnc(-c4ccccc4)o3)c2)c1. The van der Waals surface area contributed by atoms with Crippen LogP contribution in [0.25, 0.3) is 22.9 Å². The van der Waals surface area contributed by atoms with Gasteiger partial charge in [-0.1, -0.05) is 30.3 Å². The molecule has 0 fully saturated rings. The molecule has 0 saturated heterocycles. The molecular weight excluding hydrogens is 471 g/mol. The van der Waals surface area contributed by atoms with Crippen molar-refractivity contribution in [2.45, 2.75) is 18.7 Å². The first-order chi connectivity index (χ1) is 16.7. The first kappa shape index (κ1) is 24.1. The van der Waals surface area contributed by atoms with Crippen molar-refractivity contribution in [3.8, 4) is 22.9 Å². The van der Waals surface area contributed by atoms with Gasteiger partial charge in [-0.3, -0.25) is 9.52 Å². The van der Waals surface area contributed by atoms with E-state index >= 15 is 0 Å². The van der Waals surface area contributed by atoms with E-state index in [4.69, 9.17) is 4.42 Å². The van der Waals surface area contributed by atoms with Crippen LogP contribution < -0.4 is 10.0 Å². The van der Waals surface area contributed by atoms with Crippen LogP contribution in [0.15, 0.2) is 88.2 Å². The molecule has 8 nitrogen and oxygen atoms in total. The van der Waals surface area contributed by atoms with Gasteiger partial charge in [0.15, 0.2) is 0 Å². The fourth-order valence-corrected chi connectivity index (χ4v) is 4.16. The molecule has 0 bridgehead atoms. The van der Waals surface area contributed by atoms with E-state index in [-0.39, 0.29) is 16.5 Å². The number of hydrogen-bond acceptors (Lipinski definition) is 6. The van der Waals surface area contributed by atoms with Gasteiger partial charge in [0.25, 0.3) is 10.0 Å². The van der Waals surface area contributed by atoms with Gasteiger partial charge in [0.05, 0.1) is 16.0 Å². The zero-order valence-corrected chi connectivity index (χ0v) is 19.8. The van der Waals surface area contributed by atoms with Crippen LogP contribution in [0.2, 0.25) is 0 Å². The van der Waals surface area contributed by atoms with E-state index in [2.05, 4.69) is 20.2 Å². The van der Waals surface area contributed by atoms with Crippen molar-refractivity contribution in [1.29, 1.82) is 0 Å². The average molecular weight is 495 g/mol. The average Bonchev–Trinajstić information content (AvgIpc) is 3.35. The third kappa shape index (κ3) is 5.55. The number of nitrogens with zero attached hydrogens (tertiary/aromatic N) is 2. The molecule has 0 spiro atoms. The molecule has 0 aliphatic rings. The van der Waals surface area contributed by atoms with E-state index < -0.39 is 28.0 Å². The van der Waals surface area contributed by atoms with Crippen molar-refractivity contribution in [2.24, 2.45) is 5.41 Å². The smallest absolute Gasteiger partial charge is 0.261 e. The molecule has 2 N–H and O–H groups in total. The summed E-state index contributed by atoms with van der Waals surface area (Å²) in [5.74, 6) is -0.00925. The summed E-state index contributed by atoms with van der Waals surface area (Å²) in [7, 11) is -3.98. The van der Waals surface area contributed by atoms with Crippen LogP contribution in [0, 0.1) is 5.41 Å². The number of halogens is 1. The summed E-state index contributed by atoms with van der Waals surface area (Å²) in [4.78, 5) is 12.2. The van der Waals surface area contributed by atoms with Gasteiger partial charge < -0.3 is 9.73 Å². The predicted octanol–water partition coefficient (Wildman–Crippen LogP) is 5.14. The molecule has 35 heavy (non-hydrogen) atoms. The Morgan fingerprint density at radius 2 is 1.51 bits per heavy atom. The molecule has 0 saturated carbocycles. The molecule has 180 valence electrons. The van der Waals surface area contributed by atoms with E-state index in [1.165, 1.54) is 32.0 Å². The molecule has 0 aliphatic heterocycles. The maximum atomic E-state index is 13.1. The number of anilines is 2. The van der Waals surface area contributed by atoms with Crippen LogP contribution in [0.3, 0.4) is 0 Å². The zero-order chi connectivity index (χ0) is 25.1. The summed E-state index contributed by atoms with van der Waals surface area (Å²) in [6, 6.07) is 21.5. The first-order valence-corrected chi connectivity index (χ1v) is 12.2. The minimum absolute atomic E-state index is 0.0116. The Hall–Kier alpha value is -4.05. The highest BCUT2D eigenvalue weighted by Crippen LogP contribution is 2.27. The molecule has 0 radical (unpaired) electrons. The second-order valence-corrected chi connectivity index (χ2v) is 10.1. The summed E-state index contributed by atoms with van der Waals surface area (Å²) >= 11 is 0. The van der Waals surface area contributed by atoms with Crippen LogP contribution in [0.5, 0.6) is 0 Å². The van der Waals surface area contributed by atoms with E-state index in [0.29, 0.717) is 17.1 Å². The highest BCUT2D eigenvalue weighted by Gasteiger charge is 2.27. The van der Waals surface area contributed by atoms with Crippen LogP contribution >= 0.6 is 0 Å². The van der Waals surface area contributed by atoms with Gasteiger partial charge in [0, 0.05) is 16.8 Å². The largest absolute Gasteiger partial charge is 0.416 e. The number of sulfonamides is 1. The number of alkyl halides is 1. The maximum Gasteiger partial charge on any atom is 0.261 e. The Kier molecular flexibility index (Phi) is 6.65. The van der Waals surface area contributed by atoms with E-state index in [9.17, 15) is 17.6 Å². The number of carbonyl (C=O) groups excluding carboxylic acids is 1.